The molecule has 0 heterocycles. The molecule has 0 saturated carbocycles. The van der Waals surface area contributed by atoms with Crippen molar-refractivity contribution in [2.45, 2.75) is 6.54 Å². The zero-order valence-corrected chi connectivity index (χ0v) is 11.9. The molecule has 1 aromatic rings. The van der Waals surface area contributed by atoms with Crippen LogP contribution in [-0.4, -0.2) is 39.0 Å². The Morgan fingerprint density at radius 3 is 2.68 bits per heavy atom. The average molecular weight is 285 g/mol. The van der Waals surface area contributed by atoms with Crippen molar-refractivity contribution < 1.29 is 14.5 Å². The standard InChI is InChI=1S/C13H18ClN3O2/c1-15-12(18)7-16-13(19)9-17(2)8-10-4-3-5-11(14)6-10/h3-6H,7-9H2,1-2H3,(H,15,18)(H,16,19)/p+1. The molecule has 0 aliphatic carbocycles. The highest BCUT2D eigenvalue weighted by Gasteiger charge is 2.11. The van der Waals surface area contributed by atoms with Gasteiger partial charge in [0, 0.05) is 17.6 Å². The van der Waals surface area contributed by atoms with Crippen molar-refractivity contribution in [2.24, 2.45) is 0 Å². The second-order valence-electron chi connectivity index (χ2n) is 4.39. The molecule has 0 radical (unpaired) electrons. The van der Waals surface area contributed by atoms with E-state index in [1.54, 1.807) is 0 Å². The Hall–Kier alpha value is -1.59. The van der Waals surface area contributed by atoms with E-state index in [-0.39, 0.29) is 18.4 Å². The minimum atomic E-state index is -0.208. The first-order valence-electron chi connectivity index (χ1n) is 6.04. The topological polar surface area (TPSA) is 62.6 Å². The van der Waals surface area contributed by atoms with Gasteiger partial charge in [0.05, 0.1) is 13.6 Å². The van der Waals surface area contributed by atoms with E-state index in [0.717, 1.165) is 10.5 Å². The number of benzene rings is 1. The van der Waals surface area contributed by atoms with Gasteiger partial charge in [0.2, 0.25) is 5.91 Å². The Bertz CT molecular complexity index is 451. The van der Waals surface area contributed by atoms with Gasteiger partial charge in [-0.3, -0.25) is 9.59 Å². The first-order valence-corrected chi connectivity index (χ1v) is 6.42. The molecule has 0 aromatic heterocycles. The minimum absolute atomic E-state index is 0.0137. The van der Waals surface area contributed by atoms with Crippen molar-refractivity contribution in [2.75, 3.05) is 27.2 Å². The molecule has 0 bridgehead atoms. The van der Waals surface area contributed by atoms with E-state index >= 15 is 0 Å². The lowest BCUT2D eigenvalue weighted by Gasteiger charge is -2.13. The second kappa shape index (κ2) is 7.76. The van der Waals surface area contributed by atoms with Gasteiger partial charge in [-0.1, -0.05) is 23.7 Å². The third kappa shape index (κ3) is 6.22. The van der Waals surface area contributed by atoms with Crippen LogP contribution in [0, 0.1) is 0 Å². The summed E-state index contributed by atoms with van der Waals surface area (Å²) in [5.41, 5.74) is 1.07. The van der Waals surface area contributed by atoms with Crippen LogP contribution < -0.4 is 15.5 Å². The summed E-state index contributed by atoms with van der Waals surface area (Å²) in [7, 11) is 3.45. The number of nitrogens with one attached hydrogen (secondary N) is 3. The van der Waals surface area contributed by atoms with Gasteiger partial charge in [-0.25, -0.2) is 0 Å². The lowest BCUT2D eigenvalue weighted by atomic mass is 10.2. The molecular formula is C13H19ClN3O2+. The Morgan fingerprint density at radius 1 is 1.32 bits per heavy atom. The van der Waals surface area contributed by atoms with Gasteiger partial charge < -0.3 is 15.5 Å². The van der Waals surface area contributed by atoms with Gasteiger partial charge in [-0.15, -0.1) is 0 Å². The number of quaternary nitrogens is 1. The SMILES string of the molecule is CNC(=O)CNC(=O)C[NH+](C)Cc1cccc(Cl)c1. The van der Waals surface area contributed by atoms with Crippen LogP contribution in [0.4, 0.5) is 0 Å². The summed E-state index contributed by atoms with van der Waals surface area (Å²) in [5.74, 6) is -0.357. The maximum atomic E-state index is 11.6. The predicted molar refractivity (Wildman–Crippen MR) is 74.0 cm³/mol. The van der Waals surface area contributed by atoms with E-state index in [2.05, 4.69) is 10.6 Å². The highest BCUT2D eigenvalue weighted by atomic mass is 35.5. The highest BCUT2D eigenvalue weighted by Crippen LogP contribution is 2.09. The van der Waals surface area contributed by atoms with Crippen LogP contribution in [0.25, 0.3) is 0 Å². The van der Waals surface area contributed by atoms with Crippen LogP contribution >= 0.6 is 11.6 Å². The number of hydrogen-bond acceptors (Lipinski definition) is 2. The molecule has 104 valence electrons. The third-order valence-corrected chi connectivity index (χ3v) is 2.82. The molecular weight excluding hydrogens is 266 g/mol. The smallest absolute Gasteiger partial charge is 0.275 e. The fourth-order valence-electron chi connectivity index (χ4n) is 1.66. The number of rotatable bonds is 6. The maximum absolute atomic E-state index is 11.6. The summed E-state index contributed by atoms with van der Waals surface area (Å²) >= 11 is 5.90. The van der Waals surface area contributed by atoms with E-state index in [9.17, 15) is 9.59 Å². The van der Waals surface area contributed by atoms with Gasteiger partial charge >= 0.3 is 0 Å². The molecule has 0 saturated heterocycles. The molecule has 0 fully saturated rings. The zero-order valence-electron chi connectivity index (χ0n) is 11.1. The molecule has 5 nitrogen and oxygen atoms in total. The van der Waals surface area contributed by atoms with E-state index in [1.807, 2.05) is 31.3 Å². The van der Waals surface area contributed by atoms with Crippen molar-refractivity contribution in [1.29, 1.82) is 0 Å². The third-order valence-electron chi connectivity index (χ3n) is 2.58. The number of carbonyl (C=O) groups is 2. The molecule has 1 aromatic carbocycles. The van der Waals surface area contributed by atoms with Crippen LogP contribution in [0.15, 0.2) is 24.3 Å². The molecule has 3 N–H and O–H groups in total. The summed E-state index contributed by atoms with van der Waals surface area (Å²) in [6.45, 7) is 1.03. The molecule has 19 heavy (non-hydrogen) atoms. The maximum Gasteiger partial charge on any atom is 0.275 e. The lowest BCUT2D eigenvalue weighted by Crippen LogP contribution is -3.08. The Labute approximate surface area is 117 Å². The summed E-state index contributed by atoms with van der Waals surface area (Å²) < 4.78 is 0. The summed E-state index contributed by atoms with van der Waals surface area (Å²) in [6, 6.07) is 7.55. The van der Waals surface area contributed by atoms with Gasteiger partial charge in [-0.05, 0) is 12.1 Å². The van der Waals surface area contributed by atoms with E-state index in [1.165, 1.54) is 7.05 Å². The Balaban J connectivity index is 2.36. The van der Waals surface area contributed by atoms with Gasteiger partial charge in [0.25, 0.3) is 5.91 Å². The highest BCUT2D eigenvalue weighted by molar-refractivity contribution is 6.30. The van der Waals surface area contributed by atoms with Crippen molar-refractivity contribution >= 4 is 23.4 Å². The second-order valence-corrected chi connectivity index (χ2v) is 4.83. The number of amides is 2. The number of carbonyl (C=O) groups excluding carboxylic acids is 2. The van der Waals surface area contributed by atoms with Crippen LogP contribution in [0.2, 0.25) is 5.02 Å². The molecule has 0 spiro atoms. The monoisotopic (exact) mass is 284 g/mol. The molecule has 6 heteroatoms. The normalized spacial score (nSPS) is 11.7. The molecule has 0 aliphatic heterocycles. The Kier molecular flexibility index (Phi) is 6.32. The minimum Gasteiger partial charge on any atom is -0.358 e. The average Bonchev–Trinajstić information content (AvgIpc) is 2.35. The quantitative estimate of drug-likeness (QED) is 0.642. The van der Waals surface area contributed by atoms with Crippen LogP contribution in [-0.2, 0) is 16.1 Å². The molecule has 2 amide bonds. The van der Waals surface area contributed by atoms with Gasteiger partial charge in [0.1, 0.15) is 6.54 Å². The van der Waals surface area contributed by atoms with Crippen molar-refractivity contribution in [3.8, 4) is 0 Å². The number of hydrogen-bond donors (Lipinski definition) is 3. The van der Waals surface area contributed by atoms with Crippen LogP contribution in [0.3, 0.4) is 0 Å². The largest absolute Gasteiger partial charge is 0.358 e. The summed E-state index contributed by atoms with van der Waals surface area (Å²) in [5, 5.41) is 5.70. The number of likely N-dealkylation sites (N-methyl/N-ethyl adjacent to an activating group) is 2. The predicted octanol–water partition coefficient (Wildman–Crippen LogP) is -0.783. The first-order chi connectivity index (χ1) is 9.01. The zero-order chi connectivity index (χ0) is 14.3. The van der Waals surface area contributed by atoms with Crippen LogP contribution in [0.1, 0.15) is 5.56 Å². The van der Waals surface area contributed by atoms with Crippen molar-refractivity contribution in [1.82, 2.24) is 10.6 Å². The Morgan fingerprint density at radius 2 is 2.05 bits per heavy atom. The van der Waals surface area contributed by atoms with E-state index in [4.69, 9.17) is 11.6 Å². The molecule has 1 atom stereocenters. The van der Waals surface area contributed by atoms with E-state index in [0.29, 0.717) is 18.1 Å². The summed E-state index contributed by atoms with van der Waals surface area (Å²) in [4.78, 5) is 23.6. The summed E-state index contributed by atoms with van der Waals surface area (Å²) in [6.07, 6.45) is 0. The first kappa shape index (κ1) is 15.5. The van der Waals surface area contributed by atoms with E-state index < -0.39 is 0 Å². The van der Waals surface area contributed by atoms with Crippen LogP contribution in [0.5, 0.6) is 0 Å². The molecule has 0 aliphatic rings. The fourth-order valence-corrected chi connectivity index (χ4v) is 1.87. The molecule has 1 unspecified atom stereocenters. The van der Waals surface area contributed by atoms with Gasteiger partial charge in [-0.2, -0.15) is 0 Å². The molecule has 1 rings (SSSR count). The fraction of sp³-hybridized carbons (Fsp3) is 0.385. The van der Waals surface area contributed by atoms with Crippen molar-refractivity contribution in [3.63, 3.8) is 0 Å². The van der Waals surface area contributed by atoms with Gasteiger partial charge in [0.15, 0.2) is 6.54 Å². The number of halogens is 1. The lowest BCUT2D eigenvalue weighted by molar-refractivity contribution is -0.885. The van der Waals surface area contributed by atoms with Crippen molar-refractivity contribution in [3.05, 3.63) is 34.9 Å².